The Morgan fingerprint density at radius 1 is 1.07 bits per heavy atom. The van der Waals surface area contributed by atoms with Crippen LogP contribution in [0.4, 0.5) is 11.4 Å². The molecule has 28 heavy (non-hydrogen) atoms. The van der Waals surface area contributed by atoms with E-state index in [1.165, 1.54) is 12.1 Å². The predicted octanol–water partition coefficient (Wildman–Crippen LogP) is 2.17. The van der Waals surface area contributed by atoms with Gasteiger partial charge in [-0.05, 0) is 18.2 Å². The molecule has 1 atom stereocenters. The lowest BCUT2D eigenvalue weighted by Gasteiger charge is -2.37. The quantitative estimate of drug-likeness (QED) is 0.548. The molecule has 0 amide bonds. The number of piperazine rings is 1. The molecule has 1 N–H and O–H groups in total. The molecule has 8 heteroatoms. The van der Waals surface area contributed by atoms with Gasteiger partial charge in [-0.1, -0.05) is 24.3 Å². The molecule has 3 rings (SSSR count). The van der Waals surface area contributed by atoms with Crippen LogP contribution in [0.1, 0.15) is 0 Å². The standard InChI is InChI=1S/C20H25N3O5/c1-27-19-8-4-2-6-17(19)22-12-10-21(11-13-22)14-16(24)15-28-20-9-5-3-7-18(20)23(25)26/h2-9,16,24H,10-15H2,1H3. The Morgan fingerprint density at radius 2 is 1.71 bits per heavy atom. The lowest BCUT2D eigenvalue weighted by Crippen LogP contribution is -2.49. The number of aliphatic hydroxyl groups is 1. The Morgan fingerprint density at radius 3 is 2.39 bits per heavy atom. The number of nitro benzene ring substituents is 1. The Balaban J connectivity index is 1.48. The Labute approximate surface area is 164 Å². The van der Waals surface area contributed by atoms with E-state index in [9.17, 15) is 15.2 Å². The van der Waals surface area contributed by atoms with Crippen LogP contribution in [0.2, 0.25) is 0 Å². The van der Waals surface area contributed by atoms with Gasteiger partial charge in [0.25, 0.3) is 0 Å². The van der Waals surface area contributed by atoms with Crippen LogP contribution in [0.15, 0.2) is 48.5 Å². The van der Waals surface area contributed by atoms with Gasteiger partial charge in [-0.3, -0.25) is 15.0 Å². The van der Waals surface area contributed by atoms with Gasteiger partial charge in [0.1, 0.15) is 18.5 Å². The monoisotopic (exact) mass is 387 g/mol. The van der Waals surface area contributed by atoms with Crippen molar-refractivity contribution < 1.29 is 19.5 Å². The van der Waals surface area contributed by atoms with Crippen LogP contribution in [0.3, 0.4) is 0 Å². The third kappa shape index (κ3) is 4.90. The number of nitrogens with zero attached hydrogens (tertiary/aromatic N) is 3. The zero-order valence-corrected chi connectivity index (χ0v) is 15.9. The number of nitro groups is 1. The zero-order valence-electron chi connectivity index (χ0n) is 15.9. The SMILES string of the molecule is COc1ccccc1N1CCN(CC(O)COc2ccccc2[N+](=O)[O-])CC1. The summed E-state index contributed by atoms with van der Waals surface area (Å²) in [6, 6.07) is 14.1. The van der Waals surface area contributed by atoms with E-state index in [4.69, 9.17) is 9.47 Å². The summed E-state index contributed by atoms with van der Waals surface area (Å²) < 4.78 is 10.9. The van der Waals surface area contributed by atoms with Crippen LogP contribution in [-0.4, -0.2) is 67.5 Å². The van der Waals surface area contributed by atoms with Gasteiger partial charge in [0, 0.05) is 38.8 Å². The summed E-state index contributed by atoms with van der Waals surface area (Å²) in [6.07, 6.45) is -0.724. The van der Waals surface area contributed by atoms with Gasteiger partial charge < -0.3 is 19.5 Å². The smallest absolute Gasteiger partial charge is 0.310 e. The van der Waals surface area contributed by atoms with Crippen LogP contribution in [0.25, 0.3) is 0 Å². The summed E-state index contributed by atoms with van der Waals surface area (Å²) in [4.78, 5) is 15.0. The first-order chi connectivity index (χ1) is 13.6. The summed E-state index contributed by atoms with van der Waals surface area (Å²) in [5, 5.41) is 21.3. The van der Waals surface area contributed by atoms with Crippen molar-refractivity contribution >= 4 is 11.4 Å². The van der Waals surface area contributed by atoms with Crippen molar-refractivity contribution in [3.05, 3.63) is 58.6 Å². The molecule has 1 heterocycles. The summed E-state index contributed by atoms with van der Waals surface area (Å²) in [6.45, 7) is 3.75. The van der Waals surface area contributed by atoms with E-state index in [1.807, 2.05) is 24.3 Å². The molecule has 0 aliphatic carbocycles. The Hall–Kier alpha value is -2.84. The number of hydrogen-bond acceptors (Lipinski definition) is 7. The molecule has 0 spiro atoms. The molecular formula is C20H25N3O5. The molecule has 0 saturated carbocycles. The van der Waals surface area contributed by atoms with Gasteiger partial charge in [-0.15, -0.1) is 0 Å². The van der Waals surface area contributed by atoms with Crippen molar-refractivity contribution in [2.45, 2.75) is 6.10 Å². The van der Waals surface area contributed by atoms with Gasteiger partial charge in [0.05, 0.1) is 17.7 Å². The van der Waals surface area contributed by atoms with E-state index in [1.54, 1.807) is 19.2 Å². The number of ether oxygens (including phenoxy) is 2. The number of aliphatic hydroxyl groups excluding tert-OH is 1. The molecule has 0 radical (unpaired) electrons. The second kappa shape index (κ2) is 9.38. The molecule has 2 aromatic rings. The maximum Gasteiger partial charge on any atom is 0.310 e. The first-order valence-electron chi connectivity index (χ1n) is 9.23. The van der Waals surface area contributed by atoms with Crippen molar-refractivity contribution in [3.63, 3.8) is 0 Å². The van der Waals surface area contributed by atoms with Crippen LogP contribution in [0, 0.1) is 10.1 Å². The molecular weight excluding hydrogens is 362 g/mol. The van der Waals surface area contributed by atoms with Crippen molar-refractivity contribution in [2.75, 3.05) is 51.3 Å². The average molecular weight is 387 g/mol. The number of benzene rings is 2. The van der Waals surface area contributed by atoms with Crippen LogP contribution in [-0.2, 0) is 0 Å². The molecule has 150 valence electrons. The molecule has 1 unspecified atom stereocenters. The zero-order chi connectivity index (χ0) is 19.9. The fraction of sp³-hybridized carbons (Fsp3) is 0.400. The normalized spacial score (nSPS) is 15.9. The van der Waals surface area contributed by atoms with Crippen LogP contribution >= 0.6 is 0 Å². The molecule has 1 fully saturated rings. The highest BCUT2D eigenvalue weighted by Gasteiger charge is 2.22. The van der Waals surface area contributed by atoms with E-state index in [0.717, 1.165) is 37.6 Å². The van der Waals surface area contributed by atoms with Gasteiger partial charge >= 0.3 is 5.69 Å². The predicted molar refractivity (Wildman–Crippen MR) is 106 cm³/mol. The third-order valence-corrected chi connectivity index (χ3v) is 4.76. The number of hydrogen-bond donors (Lipinski definition) is 1. The summed E-state index contributed by atoms with van der Waals surface area (Å²) in [5.74, 6) is 1.03. The Kier molecular flexibility index (Phi) is 6.67. The molecule has 1 saturated heterocycles. The summed E-state index contributed by atoms with van der Waals surface area (Å²) >= 11 is 0. The summed E-state index contributed by atoms with van der Waals surface area (Å²) in [7, 11) is 1.67. The minimum Gasteiger partial charge on any atom is -0.495 e. The maximum atomic E-state index is 11.0. The fourth-order valence-electron chi connectivity index (χ4n) is 3.33. The van der Waals surface area contributed by atoms with Crippen LogP contribution < -0.4 is 14.4 Å². The molecule has 2 aromatic carbocycles. The first kappa shape index (κ1) is 19.9. The van der Waals surface area contributed by atoms with Gasteiger partial charge in [0.2, 0.25) is 0 Å². The third-order valence-electron chi connectivity index (χ3n) is 4.76. The van der Waals surface area contributed by atoms with Crippen molar-refractivity contribution in [3.8, 4) is 11.5 Å². The number of para-hydroxylation sites is 4. The summed E-state index contributed by atoms with van der Waals surface area (Å²) in [5.41, 5.74) is 0.977. The van der Waals surface area contributed by atoms with Crippen molar-refractivity contribution in [1.82, 2.24) is 4.90 Å². The number of anilines is 1. The molecule has 0 aromatic heterocycles. The average Bonchev–Trinajstić information content (AvgIpc) is 2.73. The lowest BCUT2D eigenvalue weighted by molar-refractivity contribution is -0.385. The minimum absolute atomic E-state index is 0.0115. The maximum absolute atomic E-state index is 11.0. The highest BCUT2D eigenvalue weighted by atomic mass is 16.6. The van der Waals surface area contributed by atoms with E-state index in [2.05, 4.69) is 9.80 Å². The highest BCUT2D eigenvalue weighted by Crippen LogP contribution is 2.28. The van der Waals surface area contributed by atoms with E-state index >= 15 is 0 Å². The topological polar surface area (TPSA) is 88.3 Å². The molecule has 0 bridgehead atoms. The van der Waals surface area contributed by atoms with Gasteiger partial charge in [-0.2, -0.15) is 0 Å². The molecule has 8 nitrogen and oxygen atoms in total. The van der Waals surface area contributed by atoms with Crippen molar-refractivity contribution in [2.24, 2.45) is 0 Å². The van der Waals surface area contributed by atoms with Crippen LogP contribution in [0.5, 0.6) is 11.5 Å². The van der Waals surface area contributed by atoms with E-state index in [0.29, 0.717) is 6.54 Å². The van der Waals surface area contributed by atoms with Crippen molar-refractivity contribution in [1.29, 1.82) is 0 Å². The fourth-order valence-corrected chi connectivity index (χ4v) is 3.33. The van der Waals surface area contributed by atoms with Gasteiger partial charge in [0.15, 0.2) is 5.75 Å². The number of rotatable bonds is 8. The minimum atomic E-state index is -0.724. The number of β-amino-alcohol motifs (C(OH)–C–C–N with tert-alkyl or cyclic N) is 1. The highest BCUT2D eigenvalue weighted by molar-refractivity contribution is 5.58. The molecule has 1 aliphatic heterocycles. The van der Waals surface area contributed by atoms with E-state index < -0.39 is 11.0 Å². The van der Waals surface area contributed by atoms with Gasteiger partial charge in [-0.25, -0.2) is 0 Å². The second-order valence-electron chi connectivity index (χ2n) is 6.65. The number of methoxy groups -OCH3 is 1. The second-order valence-corrected chi connectivity index (χ2v) is 6.65. The lowest BCUT2D eigenvalue weighted by atomic mass is 10.2. The largest absolute Gasteiger partial charge is 0.495 e. The Bertz CT molecular complexity index is 793. The first-order valence-corrected chi connectivity index (χ1v) is 9.23. The van der Waals surface area contributed by atoms with E-state index in [-0.39, 0.29) is 18.0 Å². The molecule has 1 aliphatic rings.